The summed E-state index contributed by atoms with van der Waals surface area (Å²) < 4.78 is 10.3. The number of methoxy groups -OCH3 is 2. The molecule has 1 aromatic rings. The van der Waals surface area contributed by atoms with Gasteiger partial charge >= 0.3 is 0 Å². The van der Waals surface area contributed by atoms with E-state index < -0.39 is 5.79 Å². The van der Waals surface area contributed by atoms with Crippen LogP contribution in [0.1, 0.15) is 12.0 Å². The Kier molecular flexibility index (Phi) is 4.20. The Morgan fingerprint density at radius 3 is 2.53 bits per heavy atom. The zero-order chi connectivity index (χ0) is 13.7. The van der Waals surface area contributed by atoms with E-state index in [0.717, 1.165) is 11.1 Å². The van der Waals surface area contributed by atoms with Gasteiger partial charge in [0.05, 0.1) is 7.11 Å². The molecule has 100 valence electrons. The molecule has 1 atom stereocenters. The first-order valence-corrected chi connectivity index (χ1v) is 6.13. The van der Waals surface area contributed by atoms with E-state index in [9.17, 15) is 5.11 Å². The van der Waals surface area contributed by atoms with E-state index >= 15 is 0 Å². The Morgan fingerprint density at radius 2 is 1.89 bits per heavy atom. The zero-order valence-electron chi connectivity index (χ0n) is 11.2. The van der Waals surface area contributed by atoms with Crippen LogP contribution in [-0.2, 0) is 9.47 Å². The van der Waals surface area contributed by atoms with Crippen LogP contribution < -0.4 is 0 Å². The minimum Gasteiger partial charge on any atom is -0.497 e. The lowest BCUT2D eigenvalue weighted by molar-refractivity contribution is -0.146. The van der Waals surface area contributed by atoms with Crippen molar-refractivity contribution in [2.45, 2.75) is 12.2 Å². The fraction of sp³-hybridized carbons (Fsp3) is 0.250. The van der Waals surface area contributed by atoms with Gasteiger partial charge in [-0.1, -0.05) is 42.5 Å². The van der Waals surface area contributed by atoms with Crippen molar-refractivity contribution in [3.8, 4) is 0 Å². The molecule has 0 aromatic heterocycles. The van der Waals surface area contributed by atoms with Gasteiger partial charge in [0.25, 0.3) is 0 Å². The average molecular weight is 258 g/mol. The van der Waals surface area contributed by atoms with Crippen LogP contribution in [-0.4, -0.2) is 25.1 Å². The van der Waals surface area contributed by atoms with Crippen LogP contribution in [0.25, 0.3) is 6.08 Å². The maximum Gasteiger partial charge on any atom is 0.192 e. The highest BCUT2D eigenvalue weighted by molar-refractivity contribution is 5.54. The predicted molar refractivity (Wildman–Crippen MR) is 75.2 cm³/mol. The molecule has 0 heterocycles. The smallest absolute Gasteiger partial charge is 0.192 e. The minimum atomic E-state index is -1.30. The van der Waals surface area contributed by atoms with Gasteiger partial charge in [-0.05, 0) is 17.2 Å². The van der Waals surface area contributed by atoms with Crippen LogP contribution in [0.3, 0.4) is 0 Å². The van der Waals surface area contributed by atoms with Crippen LogP contribution in [0.5, 0.6) is 0 Å². The lowest BCUT2D eigenvalue weighted by atomic mass is 9.97. The molecule has 3 heteroatoms. The highest BCUT2D eigenvalue weighted by Crippen LogP contribution is 2.28. The summed E-state index contributed by atoms with van der Waals surface area (Å²) in [6.45, 7) is 0. The molecule has 0 aliphatic heterocycles. The molecular weight excluding hydrogens is 240 g/mol. The van der Waals surface area contributed by atoms with Gasteiger partial charge in [-0.25, -0.2) is 0 Å². The predicted octanol–water partition coefficient (Wildman–Crippen LogP) is 2.90. The van der Waals surface area contributed by atoms with Crippen molar-refractivity contribution in [1.82, 2.24) is 0 Å². The van der Waals surface area contributed by atoms with Crippen LogP contribution in [0.2, 0.25) is 0 Å². The molecule has 19 heavy (non-hydrogen) atoms. The normalized spacial score (nSPS) is 23.1. The molecule has 0 bridgehead atoms. The summed E-state index contributed by atoms with van der Waals surface area (Å²) in [6, 6.07) is 10.00. The summed E-state index contributed by atoms with van der Waals surface area (Å²) >= 11 is 0. The summed E-state index contributed by atoms with van der Waals surface area (Å²) in [6.07, 6.45) is 7.84. The van der Waals surface area contributed by atoms with Gasteiger partial charge < -0.3 is 14.6 Å². The maximum atomic E-state index is 10.2. The lowest BCUT2D eigenvalue weighted by Crippen LogP contribution is -2.31. The second kappa shape index (κ2) is 5.87. The van der Waals surface area contributed by atoms with Crippen LogP contribution >= 0.6 is 0 Å². The fourth-order valence-corrected chi connectivity index (χ4v) is 1.96. The molecule has 1 unspecified atom stereocenters. The number of hydrogen-bond donors (Lipinski definition) is 1. The molecule has 0 saturated heterocycles. The van der Waals surface area contributed by atoms with Crippen LogP contribution in [0.4, 0.5) is 0 Å². The topological polar surface area (TPSA) is 38.7 Å². The summed E-state index contributed by atoms with van der Waals surface area (Å²) in [5, 5.41) is 10.2. The van der Waals surface area contributed by atoms with Gasteiger partial charge in [0.1, 0.15) is 5.76 Å². The second-order valence-electron chi connectivity index (χ2n) is 4.44. The zero-order valence-corrected chi connectivity index (χ0v) is 11.2. The Hall–Kier alpha value is -1.84. The van der Waals surface area contributed by atoms with Crippen molar-refractivity contribution < 1.29 is 14.6 Å². The van der Waals surface area contributed by atoms with Crippen molar-refractivity contribution in [3.63, 3.8) is 0 Å². The Morgan fingerprint density at radius 1 is 1.16 bits per heavy atom. The largest absolute Gasteiger partial charge is 0.497 e. The third kappa shape index (κ3) is 3.56. The van der Waals surface area contributed by atoms with Crippen molar-refractivity contribution in [2.24, 2.45) is 0 Å². The minimum absolute atomic E-state index is 0.402. The van der Waals surface area contributed by atoms with E-state index in [1.165, 1.54) is 7.11 Å². The number of allylic oxidation sites excluding steroid dienone is 2. The number of rotatable bonds is 4. The molecule has 1 aromatic carbocycles. The monoisotopic (exact) mass is 258 g/mol. The highest BCUT2D eigenvalue weighted by Gasteiger charge is 2.28. The summed E-state index contributed by atoms with van der Waals surface area (Å²) in [5.74, 6) is -0.695. The fourth-order valence-electron chi connectivity index (χ4n) is 1.96. The molecule has 0 saturated carbocycles. The van der Waals surface area contributed by atoms with E-state index in [2.05, 4.69) is 0 Å². The molecule has 1 aliphatic carbocycles. The molecule has 1 aliphatic rings. The third-order valence-electron chi connectivity index (χ3n) is 3.03. The summed E-state index contributed by atoms with van der Waals surface area (Å²) in [7, 11) is 3.05. The van der Waals surface area contributed by atoms with Crippen molar-refractivity contribution in [2.75, 3.05) is 14.2 Å². The molecule has 1 N–H and O–H groups in total. The first-order valence-electron chi connectivity index (χ1n) is 6.13. The quantitative estimate of drug-likeness (QED) is 0.844. The van der Waals surface area contributed by atoms with Gasteiger partial charge in [0.2, 0.25) is 0 Å². The molecule has 0 amide bonds. The average Bonchev–Trinajstić information content (AvgIpc) is 2.46. The number of ether oxygens (including phenoxy) is 2. The second-order valence-corrected chi connectivity index (χ2v) is 4.44. The van der Waals surface area contributed by atoms with E-state index in [4.69, 9.17) is 9.47 Å². The van der Waals surface area contributed by atoms with Gasteiger partial charge in [-0.2, -0.15) is 0 Å². The van der Waals surface area contributed by atoms with E-state index in [0.29, 0.717) is 12.2 Å². The van der Waals surface area contributed by atoms with E-state index in [1.54, 1.807) is 13.2 Å². The van der Waals surface area contributed by atoms with Crippen molar-refractivity contribution in [1.29, 1.82) is 0 Å². The standard InChI is InChI=1S/C16H18O3/c1-18-15-10-14(11-16(17,12-15)19-2)9-8-13-6-4-3-5-7-13/h3-10,12,17H,11H2,1-2H3. The van der Waals surface area contributed by atoms with Gasteiger partial charge in [0.15, 0.2) is 5.79 Å². The first kappa shape index (κ1) is 13.6. The lowest BCUT2D eigenvalue weighted by Gasteiger charge is -2.27. The Bertz CT molecular complexity index is 514. The van der Waals surface area contributed by atoms with Crippen molar-refractivity contribution in [3.05, 3.63) is 65.5 Å². The molecule has 0 spiro atoms. The van der Waals surface area contributed by atoms with Gasteiger partial charge in [-0.3, -0.25) is 0 Å². The number of hydrogen-bond acceptors (Lipinski definition) is 3. The van der Waals surface area contributed by atoms with Crippen LogP contribution in [0, 0.1) is 0 Å². The molecule has 0 radical (unpaired) electrons. The van der Waals surface area contributed by atoms with E-state index in [-0.39, 0.29) is 0 Å². The number of aliphatic hydroxyl groups is 1. The molecule has 2 rings (SSSR count). The summed E-state index contributed by atoms with van der Waals surface area (Å²) in [4.78, 5) is 0. The molecule has 0 fully saturated rings. The van der Waals surface area contributed by atoms with Crippen LogP contribution in [0.15, 0.2) is 59.9 Å². The van der Waals surface area contributed by atoms with Crippen molar-refractivity contribution >= 4 is 6.08 Å². The number of benzene rings is 1. The SMILES string of the molecule is COC1=CC(O)(OC)CC(C=Cc2ccccc2)=C1. The Balaban J connectivity index is 2.19. The van der Waals surface area contributed by atoms with E-state index in [1.807, 2.05) is 48.6 Å². The third-order valence-corrected chi connectivity index (χ3v) is 3.03. The Labute approximate surface area is 113 Å². The summed E-state index contributed by atoms with van der Waals surface area (Å²) in [5.41, 5.74) is 2.06. The first-order chi connectivity index (χ1) is 9.15. The molecule has 3 nitrogen and oxygen atoms in total. The highest BCUT2D eigenvalue weighted by atomic mass is 16.6. The van der Waals surface area contributed by atoms with Gasteiger partial charge in [0, 0.05) is 19.6 Å². The molecular formula is C16H18O3. The van der Waals surface area contributed by atoms with Gasteiger partial charge in [-0.15, -0.1) is 0 Å². The maximum absolute atomic E-state index is 10.2.